The van der Waals surface area contributed by atoms with Crippen LogP contribution >= 0.6 is 0 Å². The summed E-state index contributed by atoms with van der Waals surface area (Å²) in [4.78, 5) is 11.0. The molecule has 0 saturated carbocycles. The summed E-state index contributed by atoms with van der Waals surface area (Å²) in [6.07, 6.45) is 3.95. The van der Waals surface area contributed by atoms with Crippen LogP contribution in [-0.4, -0.2) is 29.1 Å². The fraction of sp³-hybridized carbons (Fsp3) is 0.389. The second-order valence-corrected chi connectivity index (χ2v) is 6.08. The third-order valence-corrected chi connectivity index (χ3v) is 4.16. The van der Waals surface area contributed by atoms with Crippen molar-refractivity contribution in [2.45, 2.75) is 32.7 Å². The fourth-order valence-electron chi connectivity index (χ4n) is 3.01. The highest BCUT2D eigenvalue weighted by Crippen LogP contribution is 2.26. The van der Waals surface area contributed by atoms with Gasteiger partial charge in [0.1, 0.15) is 6.07 Å². The highest BCUT2D eigenvalue weighted by atomic mass is 15.2. The molecule has 1 atom stereocenters. The number of rotatable bonds is 3. The highest BCUT2D eigenvalue weighted by Gasteiger charge is 2.22. The molecule has 0 bridgehead atoms. The van der Waals surface area contributed by atoms with Crippen molar-refractivity contribution in [3.8, 4) is 6.07 Å². The summed E-state index contributed by atoms with van der Waals surface area (Å²) in [6, 6.07) is 10.5. The summed E-state index contributed by atoms with van der Waals surface area (Å²) in [7, 11) is 0. The Bertz CT molecular complexity index is 734. The molecule has 5 heteroatoms. The molecule has 1 aromatic carbocycles. The molecule has 0 radical (unpaired) electrons. The first kappa shape index (κ1) is 15.3. The van der Waals surface area contributed by atoms with Crippen LogP contribution in [0.15, 0.2) is 30.5 Å². The van der Waals surface area contributed by atoms with Crippen LogP contribution in [0.5, 0.6) is 0 Å². The van der Waals surface area contributed by atoms with Crippen LogP contribution in [0, 0.1) is 25.2 Å². The van der Waals surface area contributed by atoms with Gasteiger partial charge in [0, 0.05) is 31.0 Å². The number of hydrogen-bond acceptors (Lipinski definition) is 5. The van der Waals surface area contributed by atoms with Gasteiger partial charge in [-0.3, -0.25) is 0 Å². The monoisotopic (exact) mass is 307 g/mol. The standard InChI is InChI=1S/C18H21N5/c1-13-5-6-15(11-19)17(10-13)23-9-3-4-16(12-23)22-18-20-8-7-14(2)21-18/h5-8,10,16H,3-4,9,12H2,1-2H3,(H,20,21,22). The zero-order valence-corrected chi connectivity index (χ0v) is 13.6. The predicted octanol–water partition coefficient (Wildman–Crippen LogP) is 3.05. The number of aromatic nitrogens is 2. The van der Waals surface area contributed by atoms with Crippen molar-refractivity contribution in [3.63, 3.8) is 0 Å². The van der Waals surface area contributed by atoms with Crippen molar-refractivity contribution in [1.82, 2.24) is 9.97 Å². The molecule has 5 nitrogen and oxygen atoms in total. The third-order valence-electron chi connectivity index (χ3n) is 4.16. The van der Waals surface area contributed by atoms with Crippen LogP contribution < -0.4 is 10.2 Å². The first-order chi connectivity index (χ1) is 11.2. The average molecular weight is 307 g/mol. The molecule has 1 aromatic heterocycles. The molecule has 1 fully saturated rings. The SMILES string of the molecule is Cc1ccc(C#N)c(N2CCCC(Nc3nccc(C)n3)C2)c1. The van der Waals surface area contributed by atoms with Gasteiger partial charge in [0.2, 0.25) is 5.95 Å². The molecule has 1 N–H and O–H groups in total. The van der Waals surface area contributed by atoms with Crippen molar-refractivity contribution < 1.29 is 0 Å². The van der Waals surface area contributed by atoms with Crippen molar-refractivity contribution in [2.75, 3.05) is 23.3 Å². The molecule has 1 aliphatic rings. The first-order valence-electron chi connectivity index (χ1n) is 7.97. The molecule has 23 heavy (non-hydrogen) atoms. The van der Waals surface area contributed by atoms with Gasteiger partial charge in [0.05, 0.1) is 11.3 Å². The Labute approximate surface area is 137 Å². The number of nitrogens with one attached hydrogen (secondary N) is 1. The van der Waals surface area contributed by atoms with Gasteiger partial charge in [-0.05, 0) is 50.5 Å². The number of nitrogens with zero attached hydrogens (tertiary/aromatic N) is 4. The summed E-state index contributed by atoms with van der Waals surface area (Å²) in [5, 5.41) is 12.8. The van der Waals surface area contributed by atoms with E-state index >= 15 is 0 Å². The molecular formula is C18H21N5. The van der Waals surface area contributed by atoms with Gasteiger partial charge < -0.3 is 10.2 Å². The molecule has 0 spiro atoms. The molecule has 2 aromatic rings. The van der Waals surface area contributed by atoms with Crippen molar-refractivity contribution >= 4 is 11.6 Å². The molecule has 0 aliphatic carbocycles. The lowest BCUT2D eigenvalue weighted by molar-refractivity contribution is 0.527. The van der Waals surface area contributed by atoms with E-state index in [2.05, 4.69) is 39.2 Å². The number of anilines is 2. The summed E-state index contributed by atoms with van der Waals surface area (Å²) in [5.74, 6) is 0.682. The zero-order chi connectivity index (χ0) is 16.2. The van der Waals surface area contributed by atoms with E-state index in [1.54, 1.807) is 6.20 Å². The Kier molecular flexibility index (Phi) is 4.42. The van der Waals surface area contributed by atoms with Crippen LogP contribution in [0.1, 0.15) is 29.7 Å². The Morgan fingerprint density at radius 2 is 2.17 bits per heavy atom. The second-order valence-electron chi connectivity index (χ2n) is 6.08. The molecule has 1 saturated heterocycles. The molecule has 1 aliphatic heterocycles. The van der Waals surface area contributed by atoms with Gasteiger partial charge in [-0.25, -0.2) is 9.97 Å². The lowest BCUT2D eigenvalue weighted by Crippen LogP contribution is -2.42. The van der Waals surface area contributed by atoms with Gasteiger partial charge in [-0.2, -0.15) is 5.26 Å². The minimum Gasteiger partial charge on any atom is -0.368 e. The maximum Gasteiger partial charge on any atom is 0.223 e. The van der Waals surface area contributed by atoms with Crippen LogP contribution in [0.25, 0.3) is 0 Å². The second kappa shape index (κ2) is 6.66. The number of aryl methyl sites for hydroxylation is 2. The van der Waals surface area contributed by atoms with Crippen LogP contribution in [-0.2, 0) is 0 Å². The molecule has 0 amide bonds. The predicted molar refractivity (Wildman–Crippen MR) is 91.5 cm³/mol. The van der Waals surface area contributed by atoms with Gasteiger partial charge >= 0.3 is 0 Å². The molecule has 3 rings (SSSR count). The zero-order valence-electron chi connectivity index (χ0n) is 13.6. The summed E-state index contributed by atoms with van der Waals surface area (Å²) in [5.41, 5.74) is 3.91. The average Bonchev–Trinajstić information content (AvgIpc) is 2.55. The third kappa shape index (κ3) is 3.59. The van der Waals surface area contributed by atoms with Crippen molar-refractivity contribution in [2.24, 2.45) is 0 Å². The molecule has 2 heterocycles. The lowest BCUT2D eigenvalue weighted by atomic mass is 10.0. The summed E-state index contributed by atoms with van der Waals surface area (Å²) in [6.45, 7) is 5.86. The minimum absolute atomic E-state index is 0.289. The van der Waals surface area contributed by atoms with Crippen LogP contribution in [0.2, 0.25) is 0 Å². The Hall–Kier alpha value is -2.61. The molecule has 1 unspecified atom stereocenters. The largest absolute Gasteiger partial charge is 0.368 e. The van der Waals surface area contributed by atoms with E-state index in [-0.39, 0.29) is 6.04 Å². The topological polar surface area (TPSA) is 64.8 Å². The highest BCUT2D eigenvalue weighted by molar-refractivity contribution is 5.61. The smallest absolute Gasteiger partial charge is 0.223 e. The first-order valence-corrected chi connectivity index (χ1v) is 7.97. The number of benzene rings is 1. The van der Waals surface area contributed by atoms with Crippen molar-refractivity contribution in [1.29, 1.82) is 5.26 Å². The van der Waals surface area contributed by atoms with Gasteiger partial charge in [0.15, 0.2) is 0 Å². The Morgan fingerprint density at radius 3 is 2.96 bits per heavy atom. The maximum absolute atomic E-state index is 9.36. The van der Waals surface area contributed by atoms with E-state index < -0.39 is 0 Å². The summed E-state index contributed by atoms with van der Waals surface area (Å²) < 4.78 is 0. The molecular weight excluding hydrogens is 286 g/mol. The maximum atomic E-state index is 9.36. The van der Waals surface area contributed by atoms with E-state index in [9.17, 15) is 5.26 Å². The summed E-state index contributed by atoms with van der Waals surface area (Å²) >= 11 is 0. The number of hydrogen-bond donors (Lipinski definition) is 1. The van der Waals surface area contributed by atoms with Crippen molar-refractivity contribution in [3.05, 3.63) is 47.3 Å². The van der Waals surface area contributed by atoms with E-state index in [0.717, 1.165) is 42.9 Å². The van der Waals surface area contributed by atoms with E-state index in [1.807, 2.05) is 25.1 Å². The van der Waals surface area contributed by atoms with Gasteiger partial charge in [0.25, 0.3) is 0 Å². The quantitative estimate of drug-likeness (QED) is 0.944. The van der Waals surface area contributed by atoms with E-state index in [1.165, 1.54) is 5.56 Å². The van der Waals surface area contributed by atoms with Gasteiger partial charge in [-0.15, -0.1) is 0 Å². The normalized spacial score (nSPS) is 17.6. The Morgan fingerprint density at radius 1 is 1.30 bits per heavy atom. The van der Waals surface area contributed by atoms with E-state index in [4.69, 9.17) is 0 Å². The number of nitriles is 1. The number of piperidine rings is 1. The van der Waals surface area contributed by atoms with Gasteiger partial charge in [-0.1, -0.05) is 6.07 Å². The minimum atomic E-state index is 0.289. The van der Waals surface area contributed by atoms with Crippen LogP contribution in [0.3, 0.4) is 0 Å². The molecule has 118 valence electrons. The fourth-order valence-corrected chi connectivity index (χ4v) is 3.01. The lowest BCUT2D eigenvalue weighted by Gasteiger charge is -2.35. The Balaban J connectivity index is 1.76. The van der Waals surface area contributed by atoms with E-state index in [0.29, 0.717) is 5.95 Å². The van der Waals surface area contributed by atoms with Crippen LogP contribution in [0.4, 0.5) is 11.6 Å².